The maximum absolute atomic E-state index is 12.9. The number of nitrogens with one attached hydrogen (secondary N) is 1. The molecule has 1 amide bonds. The fraction of sp³-hybridized carbons (Fsp3) is 0.381. The van der Waals surface area contributed by atoms with Crippen LogP contribution in [-0.2, 0) is 14.8 Å². The zero-order chi connectivity index (χ0) is 20.2. The highest BCUT2D eigenvalue weighted by Crippen LogP contribution is 2.25. The lowest BCUT2D eigenvalue weighted by molar-refractivity contribution is -0.122. The molecule has 0 saturated heterocycles. The Bertz CT molecular complexity index is 875. The van der Waals surface area contributed by atoms with Gasteiger partial charge in [0.05, 0.1) is 18.0 Å². The van der Waals surface area contributed by atoms with Crippen molar-refractivity contribution in [3.8, 4) is 0 Å². The first kappa shape index (κ1) is 21.0. The van der Waals surface area contributed by atoms with Gasteiger partial charge < -0.3 is 5.32 Å². The van der Waals surface area contributed by atoms with Gasteiger partial charge in [0.15, 0.2) is 0 Å². The van der Waals surface area contributed by atoms with Gasteiger partial charge in [-0.2, -0.15) is 0 Å². The van der Waals surface area contributed by atoms with E-state index in [1.165, 1.54) is 4.31 Å². The molecule has 0 fully saturated rings. The predicted molar refractivity (Wildman–Crippen MR) is 110 cm³/mol. The molecule has 146 valence electrons. The van der Waals surface area contributed by atoms with Crippen LogP contribution in [0.3, 0.4) is 0 Å². The third kappa shape index (κ3) is 5.32. The molecule has 2 rings (SSSR count). The zero-order valence-electron chi connectivity index (χ0n) is 16.6. The molecular formula is C21H28N2O3S. The Labute approximate surface area is 162 Å². The number of rotatable bonds is 7. The van der Waals surface area contributed by atoms with Gasteiger partial charge in [-0.3, -0.25) is 9.10 Å². The topological polar surface area (TPSA) is 66.5 Å². The molecule has 0 heterocycles. The van der Waals surface area contributed by atoms with Crippen LogP contribution in [0.25, 0.3) is 0 Å². The van der Waals surface area contributed by atoms with E-state index >= 15 is 0 Å². The number of carbonyl (C=O) groups excluding carboxylic acids is 1. The minimum atomic E-state index is -3.63. The molecule has 0 unspecified atom stereocenters. The second-order valence-electron chi connectivity index (χ2n) is 6.96. The molecule has 0 aliphatic carbocycles. The highest BCUT2D eigenvalue weighted by molar-refractivity contribution is 7.92. The van der Waals surface area contributed by atoms with E-state index in [0.29, 0.717) is 12.1 Å². The number of anilines is 1. The Morgan fingerprint density at radius 1 is 1.07 bits per heavy atom. The largest absolute Gasteiger partial charge is 0.347 e. The summed E-state index contributed by atoms with van der Waals surface area (Å²) in [5, 5.41) is 2.99. The van der Waals surface area contributed by atoms with Crippen molar-refractivity contribution in [3.05, 3.63) is 65.2 Å². The van der Waals surface area contributed by atoms with Crippen LogP contribution < -0.4 is 9.62 Å². The van der Waals surface area contributed by atoms with E-state index < -0.39 is 16.1 Å². The molecule has 2 aromatic carbocycles. The Kier molecular flexibility index (Phi) is 6.65. The first-order chi connectivity index (χ1) is 12.6. The van der Waals surface area contributed by atoms with Gasteiger partial charge in [-0.1, -0.05) is 43.3 Å². The molecule has 1 N–H and O–H groups in total. The number of hydrogen-bond donors (Lipinski definition) is 1. The number of carbonyl (C=O) groups is 1. The molecule has 0 bridgehead atoms. The van der Waals surface area contributed by atoms with E-state index in [9.17, 15) is 13.2 Å². The van der Waals surface area contributed by atoms with Gasteiger partial charge in [-0.15, -0.1) is 0 Å². The highest BCUT2D eigenvalue weighted by atomic mass is 32.2. The minimum Gasteiger partial charge on any atom is -0.347 e. The van der Waals surface area contributed by atoms with Crippen LogP contribution in [0.15, 0.2) is 48.5 Å². The predicted octanol–water partition coefficient (Wildman–Crippen LogP) is 3.73. The SMILES string of the molecule is CC[C@@H](NC(=O)[C@H](C)N(c1cc(C)cc(C)c1)S(C)(=O)=O)c1ccccc1. The van der Waals surface area contributed by atoms with Gasteiger partial charge >= 0.3 is 0 Å². The van der Waals surface area contributed by atoms with E-state index in [2.05, 4.69) is 5.32 Å². The molecule has 0 aliphatic rings. The van der Waals surface area contributed by atoms with E-state index in [4.69, 9.17) is 0 Å². The number of aryl methyl sites for hydroxylation is 2. The van der Waals surface area contributed by atoms with Crippen LogP contribution in [0, 0.1) is 13.8 Å². The Morgan fingerprint density at radius 2 is 1.63 bits per heavy atom. The fourth-order valence-corrected chi connectivity index (χ4v) is 4.44. The molecule has 2 atom stereocenters. The second kappa shape index (κ2) is 8.57. The molecule has 0 saturated carbocycles. The lowest BCUT2D eigenvalue weighted by Gasteiger charge is -2.30. The van der Waals surface area contributed by atoms with Crippen LogP contribution in [0.4, 0.5) is 5.69 Å². The summed E-state index contributed by atoms with van der Waals surface area (Å²) in [5.74, 6) is -0.324. The van der Waals surface area contributed by atoms with E-state index in [1.807, 2.05) is 57.2 Å². The van der Waals surface area contributed by atoms with Crippen molar-refractivity contribution in [1.82, 2.24) is 5.32 Å². The van der Waals surface area contributed by atoms with Gasteiger partial charge in [0.25, 0.3) is 0 Å². The maximum atomic E-state index is 12.9. The maximum Gasteiger partial charge on any atom is 0.244 e. The van der Waals surface area contributed by atoms with Crippen molar-refractivity contribution in [2.45, 2.75) is 46.2 Å². The summed E-state index contributed by atoms with van der Waals surface area (Å²) in [4.78, 5) is 12.9. The Hall–Kier alpha value is -2.34. The first-order valence-electron chi connectivity index (χ1n) is 9.06. The normalized spacial score (nSPS) is 13.7. The summed E-state index contributed by atoms with van der Waals surface area (Å²) in [7, 11) is -3.63. The number of benzene rings is 2. The number of amides is 1. The first-order valence-corrected chi connectivity index (χ1v) is 10.9. The Morgan fingerprint density at radius 3 is 2.11 bits per heavy atom. The third-order valence-corrected chi connectivity index (χ3v) is 5.72. The van der Waals surface area contributed by atoms with Crippen LogP contribution >= 0.6 is 0 Å². The molecule has 0 aliphatic heterocycles. The van der Waals surface area contributed by atoms with Crippen molar-refractivity contribution in [2.24, 2.45) is 0 Å². The van der Waals surface area contributed by atoms with Crippen LogP contribution in [0.1, 0.15) is 43.0 Å². The lowest BCUT2D eigenvalue weighted by atomic mass is 10.0. The molecule has 27 heavy (non-hydrogen) atoms. The Balaban J connectivity index is 2.32. The summed E-state index contributed by atoms with van der Waals surface area (Å²) >= 11 is 0. The van der Waals surface area contributed by atoms with E-state index in [1.54, 1.807) is 19.1 Å². The third-order valence-electron chi connectivity index (χ3n) is 4.48. The highest BCUT2D eigenvalue weighted by Gasteiger charge is 2.30. The number of nitrogens with zero attached hydrogens (tertiary/aromatic N) is 1. The molecule has 0 aromatic heterocycles. The number of sulfonamides is 1. The fourth-order valence-electron chi connectivity index (χ4n) is 3.29. The summed E-state index contributed by atoms with van der Waals surface area (Å²) in [5.41, 5.74) is 3.40. The summed E-state index contributed by atoms with van der Waals surface area (Å²) in [6, 6.07) is 14.2. The molecule has 0 radical (unpaired) electrons. The van der Waals surface area contributed by atoms with Crippen LogP contribution in [0.5, 0.6) is 0 Å². The molecule has 5 nitrogen and oxygen atoms in total. The van der Waals surface area contributed by atoms with Gasteiger partial charge in [0, 0.05) is 0 Å². The van der Waals surface area contributed by atoms with Gasteiger partial charge in [0.1, 0.15) is 6.04 Å². The van der Waals surface area contributed by atoms with Crippen molar-refractivity contribution >= 4 is 21.6 Å². The second-order valence-corrected chi connectivity index (χ2v) is 8.82. The van der Waals surface area contributed by atoms with E-state index in [0.717, 1.165) is 22.9 Å². The van der Waals surface area contributed by atoms with Gasteiger partial charge in [0.2, 0.25) is 15.9 Å². The zero-order valence-corrected chi connectivity index (χ0v) is 17.4. The van der Waals surface area contributed by atoms with Crippen molar-refractivity contribution in [1.29, 1.82) is 0 Å². The van der Waals surface area contributed by atoms with Crippen molar-refractivity contribution in [2.75, 3.05) is 10.6 Å². The quantitative estimate of drug-likeness (QED) is 0.786. The van der Waals surface area contributed by atoms with Crippen molar-refractivity contribution in [3.63, 3.8) is 0 Å². The summed E-state index contributed by atoms with van der Waals surface area (Å²) in [6.07, 6.45) is 1.84. The van der Waals surface area contributed by atoms with Crippen LogP contribution in [-0.4, -0.2) is 26.6 Å². The smallest absolute Gasteiger partial charge is 0.244 e. The lowest BCUT2D eigenvalue weighted by Crippen LogP contribution is -2.48. The molecule has 6 heteroatoms. The average Bonchev–Trinajstić information content (AvgIpc) is 2.58. The standard InChI is InChI=1S/C21H28N2O3S/c1-6-20(18-10-8-7-9-11-18)22-21(24)17(4)23(27(5,25)26)19-13-15(2)12-16(3)14-19/h7-14,17,20H,6H2,1-5H3,(H,22,24)/t17-,20+/m0/s1. The van der Waals surface area contributed by atoms with Gasteiger partial charge in [-0.25, -0.2) is 8.42 Å². The minimum absolute atomic E-state index is 0.165. The monoisotopic (exact) mass is 388 g/mol. The molecule has 2 aromatic rings. The van der Waals surface area contributed by atoms with Gasteiger partial charge in [-0.05, 0) is 56.0 Å². The average molecular weight is 389 g/mol. The molecular weight excluding hydrogens is 360 g/mol. The summed E-state index contributed by atoms with van der Waals surface area (Å²) in [6.45, 7) is 7.42. The van der Waals surface area contributed by atoms with E-state index in [-0.39, 0.29) is 11.9 Å². The molecule has 0 spiro atoms. The van der Waals surface area contributed by atoms with Crippen molar-refractivity contribution < 1.29 is 13.2 Å². The number of hydrogen-bond acceptors (Lipinski definition) is 3. The summed E-state index contributed by atoms with van der Waals surface area (Å²) < 4.78 is 26.1. The van der Waals surface area contributed by atoms with Crippen LogP contribution in [0.2, 0.25) is 0 Å².